The molecule has 126 valence electrons. The van der Waals surface area contributed by atoms with Crippen LogP contribution < -0.4 is 11.2 Å². The number of H-pyrrole nitrogens is 1. The molecule has 3 rings (SSSR count). The van der Waals surface area contributed by atoms with E-state index in [-0.39, 0.29) is 0 Å². The predicted octanol–water partition coefficient (Wildman–Crippen LogP) is 2.36. The van der Waals surface area contributed by atoms with Gasteiger partial charge < -0.3 is 4.57 Å². The first-order valence-corrected chi connectivity index (χ1v) is 8.79. The standard InChI is InChI=1S/C17H20N4O2S/c1-4-11(2)24-17-18-14-13(15(22)19-16(23)20(14)3)21(17)10-12-8-6-5-7-9-12/h5-9,11H,4,10H2,1-3H3,(H,19,22,23)/t11-/m0/s1. The predicted molar refractivity (Wildman–Crippen MR) is 96.7 cm³/mol. The van der Waals surface area contributed by atoms with E-state index in [2.05, 4.69) is 23.8 Å². The maximum Gasteiger partial charge on any atom is 0.329 e. The van der Waals surface area contributed by atoms with Crippen LogP contribution in [0.15, 0.2) is 45.1 Å². The van der Waals surface area contributed by atoms with Crippen LogP contribution in [0.5, 0.6) is 0 Å². The third kappa shape index (κ3) is 3.03. The average molecular weight is 344 g/mol. The Labute approximate surface area is 143 Å². The number of hydrogen-bond donors (Lipinski definition) is 1. The molecule has 2 aromatic heterocycles. The number of fused-ring (bicyclic) bond motifs is 1. The Morgan fingerprint density at radius 2 is 1.96 bits per heavy atom. The van der Waals surface area contributed by atoms with Crippen molar-refractivity contribution in [1.29, 1.82) is 0 Å². The van der Waals surface area contributed by atoms with Gasteiger partial charge in [0.2, 0.25) is 0 Å². The van der Waals surface area contributed by atoms with Gasteiger partial charge in [0, 0.05) is 12.3 Å². The quantitative estimate of drug-likeness (QED) is 0.721. The van der Waals surface area contributed by atoms with E-state index in [1.807, 2.05) is 34.9 Å². The molecule has 6 nitrogen and oxygen atoms in total. The number of rotatable bonds is 5. The zero-order valence-electron chi connectivity index (χ0n) is 13.9. The monoisotopic (exact) mass is 344 g/mol. The summed E-state index contributed by atoms with van der Waals surface area (Å²) in [7, 11) is 1.62. The molecular weight excluding hydrogens is 324 g/mol. The molecule has 0 spiro atoms. The fourth-order valence-electron chi connectivity index (χ4n) is 2.48. The van der Waals surface area contributed by atoms with E-state index in [1.165, 1.54) is 4.57 Å². The molecule has 0 aliphatic rings. The maximum atomic E-state index is 12.4. The summed E-state index contributed by atoms with van der Waals surface area (Å²) in [6.45, 7) is 4.78. The Bertz CT molecular complexity index is 972. The van der Waals surface area contributed by atoms with E-state index in [4.69, 9.17) is 0 Å². The summed E-state index contributed by atoms with van der Waals surface area (Å²) in [5.74, 6) is 0. The van der Waals surface area contributed by atoms with Crippen molar-refractivity contribution in [2.45, 2.75) is 37.2 Å². The number of aromatic nitrogens is 4. The summed E-state index contributed by atoms with van der Waals surface area (Å²) >= 11 is 1.62. The fraction of sp³-hybridized carbons (Fsp3) is 0.353. The summed E-state index contributed by atoms with van der Waals surface area (Å²) in [6.07, 6.45) is 0.995. The van der Waals surface area contributed by atoms with Crippen LogP contribution in [0.4, 0.5) is 0 Å². The van der Waals surface area contributed by atoms with Gasteiger partial charge in [0.15, 0.2) is 16.3 Å². The van der Waals surface area contributed by atoms with E-state index in [9.17, 15) is 9.59 Å². The Morgan fingerprint density at radius 1 is 1.25 bits per heavy atom. The third-order valence-electron chi connectivity index (χ3n) is 4.04. The second-order valence-electron chi connectivity index (χ2n) is 5.79. The molecule has 0 unspecified atom stereocenters. The highest BCUT2D eigenvalue weighted by Crippen LogP contribution is 2.27. The minimum atomic E-state index is -0.447. The molecule has 0 fully saturated rings. The summed E-state index contributed by atoms with van der Waals surface area (Å²) < 4.78 is 3.29. The maximum absolute atomic E-state index is 12.4. The number of nitrogens with one attached hydrogen (secondary N) is 1. The highest BCUT2D eigenvalue weighted by molar-refractivity contribution is 7.99. The van der Waals surface area contributed by atoms with Crippen LogP contribution in [0, 0.1) is 0 Å². The van der Waals surface area contributed by atoms with Gasteiger partial charge in [-0.3, -0.25) is 14.3 Å². The van der Waals surface area contributed by atoms with Crippen molar-refractivity contribution in [3.05, 3.63) is 56.7 Å². The smallest absolute Gasteiger partial charge is 0.309 e. The Kier molecular flexibility index (Phi) is 4.62. The lowest BCUT2D eigenvalue weighted by Crippen LogP contribution is -2.29. The van der Waals surface area contributed by atoms with Gasteiger partial charge in [-0.25, -0.2) is 9.78 Å². The van der Waals surface area contributed by atoms with Crippen LogP contribution in [0.25, 0.3) is 11.2 Å². The Hall–Kier alpha value is -2.28. The van der Waals surface area contributed by atoms with Crippen molar-refractivity contribution in [2.24, 2.45) is 7.05 Å². The first-order chi connectivity index (χ1) is 11.5. The molecule has 1 N–H and O–H groups in total. The second kappa shape index (κ2) is 6.68. The molecule has 1 atom stereocenters. The van der Waals surface area contributed by atoms with E-state index >= 15 is 0 Å². The molecular formula is C17H20N4O2S. The van der Waals surface area contributed by atoms with Gasteiger partial charge in [-0.1, -0.05) is 55.9 Å². The SMILES string of the molecule is CC[C@H](C)Sc1nc2c(c(=O)[nH]c(=O)n2C)n1Cc1ccccc1. The first-order valence-electron chi connectivity index (χ1n) is 7.91. The van der Waals surface area contributed by atoms with Gasteiger partial charge >= 0.3 is 5.69 Å². The minimum absolute atomic E-state index is 0.368. The highest BCUT2D eigenvalue weighted by Gasteiger charge is 2.19. The molecule has 3 aromatic rings. The molecule has 0 aliphatic carbocycles. The summed E-state index contributed by atoms with van der Waals surface area (Å²) in [4.78, 5) is 31.2. The van der Waals surface area contributed by atoms with Gasteiger partial charge in [-0.05, 0) is 12.0 Å². The minimum Gasteiger partial charge on any atom is -0.309 e. The van der Waals surface area contributed by atoms with Crippen LogP contribution in [-0.4, -0.2) is 24.4 Å². The number of imidazole rings is 1. The van der Waals surface area contributed by atoms with Crippen LogP contribution >= 0.6 is 11.8 Å². The van der Waals surface area contributed by atoms with Crippen LogP contribution in [-0.2, 0) is 13.6 Å². The fourth-order valence-corrected chi connectivity index (χ4v) is 3.43. The molecule has 24 heavy (non-hydrogen) atoms. The third-order valence-corrected chi connectivity index (χ3v) is 5.30. The number of benzene rings is 1. The van der Waals surface area contributed by atoms with E-state index < -0.39 is 11.2 Å². The van der Waals surface area contributed by atoms with Gasteiger partial charge in [0.05, 0.1) is 6.54 Å². The average Bonchev–Trinajstić information content (AvgIpc) is 2.92. The number of nitrogens with zero attached hydrogens (tertiary/aromatic N) is 3. The van der Waals surface area contributed by atoms with Crippen LogP contribution in [0.2, 0.25) is 0 Å². The lowest BCUT2D eigenvalue weighted by Gasteiger charge is -2.11. The second-order valence-corrected chi connectivity index (χ2v) is 7.20. The molecule has 2 heterocycles. The van der Waals surface area contributed by atoms with Crippen molar-refractivity contribution >= 4 is 22.9 Å². The molecule has 0 amide bonds. The number of aromatic amines is 1. The zero-order valence-corrected chi connectivity index (χ0v) is 14.8. The first kappa shape index (κ1) is 16.6. The molecule has 0 radical (unpaired) electrons. The normalized spacial score (nSPS) is 12.6. The van der Waals surface area contributed by atoms with Crippen molar-refractivity contribution < 1.29 is 0 Å². The molecule has 0 saturated heterocycles. The topological polar surface area (TPSA) is 72.7 Å². The lowest BCUT2D eigenvalue weighted by atomic mass is 10.2. The van der Waals surface area contributed by atoms with Crippen molar-refractivity contribution in [1.82, 2.24) is 19.1 Å². The van der Waals surface area contributed by atoms with Gasteiger partial charge in [0.25, 0.3) is 5.56 Å². The number of thioether (sulfide) groups is 1. The Balaban J connectivity index is 2.22. The molecule has 1 aromatic carbocycles. The van der Waals surface area contributed by atoms with Gasteiger partial charge in [0.1, 0.15) is 0 Å². The Morgan fingerprint density at radius 3 is 2.62 bits per heavy atom. The molecule has 7 heteroatoms. The summed E-state index contributed by atoms with van der Waals surface area (Å²) in [5, 5.41) is 1.13. The van der Waals surface area contributed by atoms with E-state index in [0.29, 0.717) is 23.0 Å². The highest BCUT2D eigenvalue weighted by atomic mass is 32.2. The zero-order chi connectivity index (χ0) is 17.3. The van der Waals surface area contributed by atoms with Crippen molar-refractivity contribution in [3.63, 3.8) is 0 Å². The van der Waals surface area contributed by atoms with Gasteiger partial charge in [-0.2, -0.15) is 0 Å². The van der Waals surface area contributed by atoms with Gasteiger partial charge in [-0.15, -0.1) is 0 Å². The summed E-state index contributed by atoms with van der Waals surface area (Å²) in [6, 6.07) is 9.92. The number of aryl methyl sites for hydroxylation is 1. The molecule has 0 bridgehead atoms. The van der Waals surface area contributed by atoms with E-state index in [0.717, 1.165) is 17.1 Å². The van der Waals surface area contributed by atoms with Crippen molar-refractivity contribution in [2.75, 3.05) is 0 Å². The van der Waals surface area contributed by atoms with E-state index in [1.54, 1.807) is 18.8 Å². The van der Waals surface area contributed by atoms with Crippen molar-refractivity contribution in [3.8, 4) is 0 Å². The molecule has 0 aliphatic heterocycles. The largest absolute Gasteiger partial charge is 0.329 e. The summed E-state index contributed by atoms with van der Waals surface area (Å²) in [5.41, 5.74) is 1.10. The molecule has 0 saturated carbocycles. The van der Waals surface area contributed by atoms with Crippen LogP contribution in [0.1, 0.15) is 25.8 Å². The lowest BCUT2D eigenvalue weighted by molar-refractivity contribution is 0.723. The number of hydrogen-bond acceptors (Lipinski definition) is 4. The van der Waals surface area contributed by atoms with Crippen LogP contribution in [0.3, 0.4) is 0 Å².